The van der Waals surface area contributed by atoms with E-state index in [1.165, 1.54) is 12.8 Å². The maximum atomic E-state index is 12.9. The van der Waals surface area contributed by atoms with Gasteiger partial charge in [-0.2, -0.15) is 5.10 Å². The lowest BCUT2D eigenvalue weighted by Gasteiger charge is -2.23. The van der Waals surface area contributed by atoms with Crippen LogP contribution in [0.25, 0.3) is 23.1 Å². The van der Waals surface area contributed by atoms with Crippen LogP contribution in [0.1, 0.15) is 78.6 Å². The molecule has 2 aromatic heterocycles. The van der Waals surface area contributed by atoms with Crippen LogP contribution in [0.5, 0.6) is 0 Å². The third-order valence-electron chi connectivity index (χ3n) is 8.23. The lowest BCUT2D eigenvalue weighted by Crippen LogP contribution is -2.25. The number of nitrogens with zero attached hydrogens (tertiary/aromatic N) is 4. The lowest BCUT2D eigenvalue weighted by molar-refractivity contribution is -0.0367. The first kappa shape index (κ1) is 27.4. The zero-order valence-electron chi connectivity index (χ0n) is 23.9. The Balaban J connectivity index is 1.18. The molecule has 8 heteroatoms. The van der Waals surface area contributed by atoms with Gasteiger partial charge in [0.15, 0.2) is 6.23 Å². The molecule has 3 aliphatic rings. The van der Waals surface area contributed by atoms with Crippen molar-refractivity contribution in [3.8, 4) is 0 Å². The van der Waals surface area contributed by atoms with E-state index in [-0.39, 0.29) is 12.1 Å². The first-order valence-electron chi connectivity index (χ1n) is 15.3. The Kier molecular flexibility index (Phi) is 8.09. The maximum Gasteiger partial charge on any atom is 0.252 e. The molecular weight excluding hydrogens is 542 g/mol. The molecule has 1 unspecified atom stereocenters. The minimum Gasteiger partial charge on any atom is -0.356 e. The van der Waals surface area contributed by atoms with Gasteiger partial charge in [0.2, 0.25) is 0 Å². The summed E-state index contributed by atoms with van der Waals surface area (Å²) in [5.74, 6) is 0.00728. The molecular formula is C34H37N5O2S. The highest BCUT2D eigenvalue weighted by Crippen LogP contribution is 2.36. The molecule has 1 atom stereocenters. The SMILES string of the molecule is O=C(NC1CC1)c1ccccc1Sc1ccc2c(/C=C/c3cccc(CN4CCCC4)n3)nn(C3CCCCO3)c2c1. The highest BCUT2D eigenvalue weighted by molar-refractivity contribution is 7.99. The van der Waals surface area contributed by atoms with Gasteiger partial charge in [0.1, 0.15) is 0 Å². The summed E-state index contributed by atoms with van der Waals surface area (Å²) in [7, 11) is 0. The molecule has 7 rings (SSSR count). The van der Waals surface area contributed by atoms with E-state index in [4.69, 9.17) is 14.8 Å². The number of hydrogen-bond donors (Lipinski definition) is 1. The fourth-order valence-electron chi connectivity index (χ4n) is 5.84. The van der Waals surface area contributed by atoms with Gasteiger partial charge >= 0.3 is 0 Å². The van der Waals surface area contributed by atoms with Crippen LogP contribution in [0, 0.1) is 0 Å². The normalized spacial score (nSPS) is 19.6. The van der Waals surface area contributed by atoms with E-state index in [2.05, 4.69) is 63.4 Å². The maximum absolute atomic E-state index is 12.9. The van der Waals surface area contributed by atoms with E-state index in [9.17, 15) is 4.79 Å². The minimum absolute atomic E-state index is 0.00728. The molecule has 0 spiro atoms. The number of nitrogens with one attached hydrogen (secondary N) is 1. The Bertz CT molecular complexity index is 1600. The average molecular weight is 580 g/mol. The summed E-state index contributed by atoms with van der Waals surface area (Å²) in [6.45, 7) is 3.98. The van der Waals surface area contributed by atoms with Crippen LogP contribution in [-0.2, 0) is 11.3 Å². The van der Waals surface area contributed by atoms with Crippen molar-refractivity contribution in [1.82, 2.24) is 25.0 Å². The van der Waals surface area contributed by atoms with Crippen molar-refractivity contribution in [2.75, 3.05) is 19.7 Å². The molecule has 0 radical (unpaired) electrons. The predicted molar refractivity (Wildman–Crippen MR) is 167 cm³/mol. The van der Waals surface area contributed by atoms with Gasteiger partial charge in [0.05, 0.1) is 28.2 Å². The summed E-state index contributed by atoms with van der Waals surface area (Å²) in [6.07, 6.45) is 11.9. The summed E-state index contributed by atoms with van der Waals surface area (Å²) in [6, 6.07) is 20.9. The molecule has 216 valence electrons. The van der Waals surface area contributed by atoms with Crippen LogP contribution in [0.15, 0.2) is 70.5 Å². The van der Waals surface area contributed by atoms with Crippen molar-refractivity contribution < 1.29 is 9.53 Å². The van der Waals surface area contributed by atoms with E-state index in [1.807, 2.05) is 24.3 Å². The van der Waals surface area contributed by atoms with Gasteiger partial charge in [0.25, 0.3) is 5.91 Å². The smallest absolute Gasteiger partial charge is 0.252 e. The summed E-state index contributed by atoms with van der Waals surface area (Å²) < 4.78 is 8.24. The van der Waals surface area contributed by atoms with Gasteiger partial charge in [-0.1, -0.05) is 30.0 Å². The van der Waals surface area contributed by atoms with Crippen molar-refractivity contribution in [1.29, 1.82) is 0 Å². The fourth-order valence-corrected chi connectivity index (χ4v) is 6.82. The molecule has 2 saturated heterocycles. The molecule has 42 heavy (non-hydrogen) atoms. The van der Waals surface area contributed by atoms with Gasteiger partial charge in [-0.15, -0.1) is 0 Å². The number of benzene rings is 2. The number of carbonyl (C=O) groups excluding carboxylic acids is 1. The third kappa shape index (κ3) is 6.31. The lowest BCUT2D eigenvalue weighted by atomic mass is 10.1. The second-order valence-corrected chi connectivity index (χ2v) is 12.7. The number of ether oxygens (including phenoxy) is 1. The quantitative estimate of drug-likeness (QED) is 0.232. The molecule has 7 nitrogen and oxygen atoms in total. The van der Waals surface area contributed by atoms with Gasteiger partial charge in [-0.25, -0.2) is 4.68 Å². The Hall–Kier alpha value is -3.46. The molecule has 1 amide bonds. The molecule has 1 N–H and O–H groups in total. The third-order valence-corrected chi connectivity index (χ3v) is 9.30. The van der Waals surface area contributed by atoms with E-state index in [1.54, 1.807) is 11.8 Å². The number of likely N-dealkylation sites (tertiary alicyclic amines) is 1. The first-order chi connectivity index (χ1) is 20.7. The van der Waals surface area contributed by atoms with Crippen molar-refractivity contribution in [3.05, 3.63) is 83.3 Å². The second-order valence-electron chi connectivity index (χ2n) is 11.5. The van der Waals surface area contributed by atoms with Crippen LogP contribution >= 0.6 is 11.8 Å². The van der Waals surface area contributed by atoms with Crippen LogP contribution in [0.4, 0.5) is 0 Å². The zero-order chi connectivity index (χ0) is 28.3. The molecule has 0 bridgehead atoms. The summed E-state index contributed by atoms with van der Waals surface area (Å²) in [4.78, 5) is 22.3. The highest BCUT2D eigenvalue weighted by atomic mass is 32.2. The topological polar surface area (TPSA) is 72.3 Å². The zero-order valence-corrected chi connectivity index (χ0v) is 24.7. The van der Waals surface area contributed by atoms with Crippen molar-refractivity contribution in [2.24, 2.45) is 0 Å². The number of fused-ring (bicyclic) bond motifs is 1. The fraction of sp³-hybridized carbons (Fsp3) is 0.382. The molecule has 2 aromatic carbocycles. The van der Waals surface area contributed by atoms with Crippen molar-refractivity contribution in [2.45, 2.75) is 73.6 Å². The molecule has 2 aliphatic heterocycles. The van der Waals surface area contributed by atoms with Gasteiger partial charge in [-0.3, -0.25) is 14.7 Å². The van der Waals surface area contributed by atoms with E-state index < -0.39 is 0 Å². The Labute approximate surface area is 251 Å². The number of pyridine rings is 1. The van der Waals surface area contributed by atoms with Crippen LogP contribution in [0.3, 0.4) is 0 Å². The van der Waals surface area contributed by atoms with Crippen LogP contribution < -0.4 is 5.32 Å². The van der Waals surface area contributed by atoms with Gasteiger partial charge in [-0.05, 0) is 113 Å². The molecule has 1 aliphatic carbocycles. The van der Waals surface area contributed by atoms with E-state index in [0.29, 0.717) is 6.04 Å². The Morgan fingerprint density at radius 3 is 2.69 bits per heavy atom. The number of carbonyl (C=O) groups is 1. The highest BCUT2D eigenvalue weighted by Gasteiger charge is 2.25. The van der Waals surface area contributed by atoms with Crippen molar-refractivity contribution >= 4 is 40.7 Å². The molecule has 1 saturated carbocycles. The first-order valence-corrected chi connectivity index (χ1v) is 16.1. The molecule has 4 aromatic rings. The second kappa shape index (κ2) is 12.4. The largest absolute Gasteiger partial charge is 0.356 e. The molecule has 4 heterocycles. The summed E-state index contributed by atoms with van der Waals surface area (Å²) >= 11 is 1.62. The van der Waals surface area contributed by atoms with E-state index in [0.717, 1.165) is 102 Å². The summed E-state index contributed by atoms with van der Waals surface area (Å²) in [5, 5.41) is 9.28. The summed E-state index contributed by atoms with van der Waals surface area (Å²) in [5.41, 5.74) is 4.73. The standard InChI is InChI=1S/C34H37N5O2S/c40-34(36-25-13-14-25)29-10-1-2-11-32(29)42-27-16-17-28-30(37-39(31(28)22-27)33-12-3-6-21-41-33)18-15-24-8-7-9-26(35-24)23-38-19-4-5-20-38/h1-2,7-11,15-18,22,25,33H,3-6,12-14,19-21,23H2,(H,36,40)/b18-15+. The van der Waals surface area contributed by atoms with Gasteiger partial charge < -0.3 is 10.1 Å². The van der Waals surface area contributed by atoms with Crippen LogP contribution in [-0.4, -0.2) is 51.3 Å². The predicted octanol–water partition coefficient (Wildman–Crippen LogP) is 6.94. The number of rotatable bonds is 9. The Morgan fingerprint density at radius 1 is 0.976 bits per heavy atom. The van der Waals surface area contributed by atoms with Crippen LogP contribution in [0.2, 0.25) is 0 Å². The Morgan fingerprint density at radius 2 is 1.86 bits per heavy atom. The number of hydrogen-bond acceptors (Lipinski definition) is 6. The van der Waals surface area contributed by atoms with Gasteiger partial charge in [0, 0.05) is 34.4 Å². The van der Waals surface area contributed by atoms with Crippen molar-refractivity contribution in [3.63, 3.8) is 0 Å². The minimum atomic E-state index is -0.0813. The van der Waals surface area contributed by atoms with E-state index >= 15 is 0 Å². The number of aromatic nitrogens is 3. The average Bonchev–Trinajstić information content (AvgIpc) is 3.54. The monoisotopic (exact) mass is 579 g/mol. The number of amides is 1. The molecule has 3 fully saturated rings.